The number of ether oxygens (including phenoxy) is 3. The van der Waals surface area contributed by atoms with Crippen LogP contribution in [0.4, 0.5) is 5.69 Å². The predicted molar refractivity (Wildman–Crippen MR) is 195 cm³/mol. The van der Waals surface area contributed by atoms with E-state index in [2.05, 4.69) is 16.7 Å². The van der Waals surface area contributed by atoms with E-state index in [0.717, 1.165) is 48.0 Å². The molecular formula is C41H44N4O6. The van der Waals surface area contributed by atoms with Gasteiger partial charge in [-0.15, -0.1) is 0 Å². The number of methoxy groups -OCH3 is 2. The summed E-state index contributed by atoms with van der Waals surface area (Å²) in [6.45, 7) is 0.194. The normalized spacial score (nSPS) is 25.7. The quantitative estimate of drug-likeness (QED) is 0.171. The summed E-state index contributed by atoms with van der Waals surface area (Å²) in [7, 11) is 2.96. The van der Waals surface area contributed by atoms with Crippen LogP contribution in [0.2, 0.25) is 0 Å². The summed E-state index contributed by atoms with van der Waals surface area (Å²) >= 11 is 0. The molecule has 2 amide bonds. The molecule has 2 fully saturated rings. The van der Waals surface area contributed by atoms with E-state index < -0.39 is 35.6 Å². The summed E-state index contributed by atoms with van der Waals surface area (Å²) in [5.74, 6) is 0.0598. The van der Waals surface area contributed by atoms with Crippen LogP contribution in [0.15, 0.2) is 97.1 Å². The van der Waals surface area contributed by atoms with Gasteiger partial charge in [0.2, 0.25) is 11.8 Å². The molecule has 10 heteroatoms. The highest BCUT2D eigenvalue weighted by Gasteiger charge is 2.62. The van der Waals surface area contributed by atoms with E-state index in [-0.39, 0.29) is 24.8 Å². The summed E-state index contributed by atoms with van der Waals surface area (Å²) in [5.41, 5.74) is 2.04. The second-order valence-corrected chi connectivity index (χ2v) is 13.6. The summed E-state index contributed by atoms with van der Waals surface area (Å²) in [4.78, 5) is 48.6. The standard InChI is InChI=1S/C41H44N4O6/c1-49-30-20-21-32-35(22-30)43-34(27-14-8-6-9-15-27)24-37(32)51-31-23-36-38(46)44-41(40(48)50-2)25-28(41)16-10-4-3-5-13-19-33(39(47)45(36)26-31)42-29-17-11-7-12-18-29/h6-12,14-18,20-22,24,28,31,33,36,42H,3-5,13,19,23,25-26H2,1-2H3,(H,44,46)/b16-10-/t28-,31-,33+,36?,41-/m1/s1. The lowest BCUT2D eigenvalue weighted by Crippen LogP contribution is -2.55. The van der Waals surface area contributed by atoms with E-state index in [0.29, 0.717) is 29.9 Å². The van der Waals surface area contributed by atoms with Gasteiger partial charge in [0, 0.05) is 41.1 Å². The van der Waals surface area contributed by atoms with Crippen molar-refractivity contribution in [2.75, 3.05) is 26.1 Å². The molecule has 0 radical (unpaired) electrons. The van der Waals surface area contributed by atoms with Gasteiger partial charge in [-0.25, -0.2) is 9.78 Å². The first kappa shape index (κ1) is 34.1. The molecule has 0 spiro atoms. The molecule has 51 heavy (non-hydrogen) atoms. The molecule has 7 rings (SSSR count). The third-order valence-corrected chi connectivity index (χ3v) is 10.2. The van der Waals surface area contributed by atoms with Gasteiger partial charge in [0.25, 0.3) is 0 Å². The van der Waals surface area contributed by atoms with E-state index in [9.17, 15) is 14.4 Å². The maximum Gasteiger partial charge on any atom is 0.332 e. The van der Waals surface area contributed by atoms with Gasteiger partial charge in [-0.05, 0) is 49.9 Å². The highest BCUT2D eigenvalue weighted by atomic mass is 16.5. The number of allylic oxidation sites excluding steroid dienone is 1. The Kier molecular flexibility index (Phi) is 9.92. The number of fused-ring (bicyclic) bond motifs is 3. The number of carbonyl (C=O) groups is 3. The number of nitrogens with zero attached hydrogens (tertiary/aromatic N) is 2. The number of benzene rings is 3. The topological polar surface area (TPSA) is 119 Å². The summed E-state index contributed by atoms with van der Waals surface area (Å²) in [6, 6.07) is 25.7. The van der Waals surface area contributed by atoms with Gasteiger partial charge in [-0.2, -0.15) is 0 Å². The number of pyridine rings is 1. The van der Waals surface area contributed by atoms with Crippen LogP contribution in [0.5, 0.6) is 11.5 Å². The number of hydrogen-bond acceptors (Lipinski definition) is 8. The molecule has 2 N–H and O–H groups in total. The van der Waals surface area contributed by atoms with Crippen molar-refractivity contribution >= 4 is 34.4 Å². The zero-order valence-corrected chi connectivity index (χ0v) is 29.0. The first-order valence-corrected chi connectivity index (χ1v) is 17.8. The molecule has 1 aliphatic carbocycles. The van der Waals surface area contributed by atoms with Crippen molar-refractivity contribution in [1.29, 1.82) is 0 Å². The van der Waals surface area contributed by atoms with Crippen molar-refractivity contribution < 1.29 is 28.6 Å². The summed E-state index contributed by atoms with van der Waals surface area (Å²) in [6.07, 6.45) is 8.54. The Labute approximate surface area is 298 Å². The number of amides is 2. The minimum absolute atomic E-state index is 0.166. The molecule has 1 saturated heterocycles. The molecule has 1 unspecified atom stereocenters. The second-order valence-electron chi connectivity index (χ2n) is 13.6. The fourth-order valence-corrected chi connectivity index (χ4v) is 7.39. The van der Waals surface area contributed by atoms with Crippen LogP contribution in [0.1, 0.15) is 44.9 Å². The molecule has 4 aromatic rings. The molecule has 10 nitrogen and oxygen atoms in total. The number of nitrogens with one attached hydrogen (secondary N) is 2. The minimum Gasteiger partial charge on any atom is -0.497 e. The first-order valence-electron chi connectivity index (χ1n) is 17.8. The van der Waals surface area contributed by atoms with Gasteiger partial charge in [-0.1, -0.05) is 73.5 Å². The fraction of sp³-hybridized carbons (Fsp3) is 0.366. The fourth-order valence-electron chi connectivity index (χ4n) is 7.39. The molecule has 264 valence electrons. The van der Waals surface area contributed by atoms with Crippen molar-refractivity contribution in [2.45, 2.75) is 68.7 Å². The number of carbonyl (C=O) groups excluding carboxylic acids is 3. The van der Waals surface area contributed by atoms with Gasteiger partial charge in [0.1, 0.15) is 35.2 Å². The highest BCUT2D eigenvalue weighted by Crippen LogP contribution is 2.46. The molecule has 3 aromatic carbocycles. The third-order valence-electron chi connectivity index (χ3n) is 10.2. The number of para-hydroxylation sites is 1. The largest absolute Gasteiger partial charge is 0.497 e. The zero-order chi connectivity index (χ0) is 35.4. The first-order chi connectivity index (χ1) is 24.9. The van der Waals surface area contributed by atoms with Crippen molar-refractivity contribution in [1.82, 2.24) is 15.2 Å². The van der Waals surface area contributed by atoms with Crippen LogP contribution in [0.25, 0.3) is 22.2 Å². The summed E-state index contributed by atoms with van der Waals surface area (Å²) < 4.78 is 17.4. The molecule has 3 heterocycles. The lowest BCUT2D eigenvalue weighted by Gasteiger charge is -2.30. The van der Waals surface area contributed by atoms with Crippen LogP contribution in [0, 0.1) is 5.92 Å². The van der Waals surface area contributed by atoms with Gasteiger partial charge in [0.15, 0.2) is 0 Å². The molecule has 5 atom stereocenters. The average Bonchev–Trinajstić information content (AvgIpc) is 3.69. The monoisotopic (exact) mass is 688 g/mol. The van der Waals surface area contributed by atoms with E-state index in [4.69, 9.17) is 19.2 Å². The Balaban J connectivity index is 1.23. The smallest absolute Gasteiger partial charge is 0.332 e. The van der Waals surface area contributed by atoms with Crippen LogP contribution < -0.4 is 20.1 Å². The van der Waals surface area contributed by atoms with E-state index in [1.54, 1.807) is 12.0 Å². The molecular weight excluding hydrogens is 644 g/mol. The molecule has 2 aliphatic heterocycles. The second kappa shape index (κ2) is 14.8. The summed E-state index contributed by atoms with van der Waals surface area (Å²) in [5, 5.41) is 7.29. The maximum absolute atomic E-state index is 14.6. The maximum atomic E-state index is 14.6. The number of anilines is 1. The lowest BCUT2D eigenvalue weighted by atomic mass is 10.0. The third kappa shape index (κ3) is 7.27. The van der Waals surface area contributed by atoms with Gasteiger partial charge >= 0.3 is 5.97 Å². The average molecular weight is 689 g/mol. The lowest BCUT2D eigenvalue weighted by molar-refractivity contribution is -0.148. The Hall–Kier alpha value is -5.38. The Morgan fingerprint density at radius 1 is 0.961 bits per heavy atom. The number of aromatic nitrogens is 1. The Bertz CT molecular complexity index is 1920. The van der Waals surface area contributed by atoms with Crippen LogP contribution in [0.3, 0.4) is 0 Å². The van der Waals surface area contributed by atoms with Gasteiger partial charge in [0.05, 0.1) is 32.0 Å². The highest BCUT2D eigenvalue weighted by molar-refractivity contribution is 5.96. The van der Waals surface area contributed by atoms with Gasteiger partial charge < -0.3 is 29.7 Å². The van der Waals surface area contributed by atoms with Crippen molar-refractivity contribution in [3.63, 3.8) is 0 Å². The van der Waals surface area contributed by atoms with Gasteiger partial charge in [-0.3, -0.25) is 9.59 Å². The molecule has 1 aromatic heterocycles. The molecule has 1 saturated carbocycles. The Morgan fingerprint density at radius 2 is 1.75 bits per heavy atom. The van der Waals surface area contributed by atoms with Crippen molar-refractivity contribution in [3.8, 4) is 22.8 Å². The SMILES string of the molecule is COC(=O)[C@@]12C[C@H]1/C=C\CCCCC[C@H](Nc1ccccc1)C(=O)N1C[C@H](Oc3cc(-c4ccccc4)nc4cc(OC)ccc34)CC1C(=O)N2. The Morgan fingerprint density at radius 3 is 2.51 bits per heavy atom. The van der Waals surface area contributed by atoms with Crippen LogP contribution >= 0.6 is 0 Å². The van der Waals surface area contributed by atoms with Crippen molar-refractivity contribution in [2.24, 2.45) is 5.92 Å². The van der Waals surface area contributed by atoms with Crippen molar-refractivity contribution in [3.05, 3.63) is 97.1 Å². The number of hydrogen-bond donors (Lipinski definition) is 2. The van der Waals surface area contributed by atoms with E-state index >= 15 is 0 Å². The zero-order valence-electron chi connectivity index (χ0n) is 29.0. The predicted octanol–water partition coefficient (Wildman–Crippen LogP) is 6.31. The number of rotatable bonds is 7. The van der Waals surface area contributed by atoms with E-state index in [1.807, 2.05) is 91.0 Å². The van der Waals surface area contributed by atoms with Crippen LogP contribution in [-0.4, -0.2) is 72.2 Å². The minimum atomic E-state index is -1.15. The number of esters is 1. The van der Waals surface area contributed by atoms with E-state index in [1.165, 1.54) is 7.11 Å². The molecule has 0 bridgehead atoms. The molecule has 3 aliphatic rings. The van der Waals surface area contributed by atoms with Crippen LogP contribution in [-0.2, 0) is 19.1 Å².